The average molecular weight is 283 g/mol. The van der Waals surface area contributed by atoms with E-state index < -0.39 is 9.84 Å². The molecule has 5 heteroatoms. The van der Waals surface area contributed by atoms with Crippen LogP contribution in [0.1, 0.15) is 31.2 Å². The number of anilines is 1. The second-order valence-electron chi connectivity index (χ2n) is 5.33. The fourth-order valence-electron chi connectivity index (χ4n) is 2.54. The van der Waals surface area contributed by atoms with Crippen molar-refractivity contribution in [1.82, 2.24) is 0 Å². The van der Waals surface area contributed by atoms with Crippen molar-refractivity contribution in [1.29, 1.82) is 0 Å². The van der Waals surface area contributed by atoms with E-state index in [1.54, 1.807) is 0 Å². The molecule has 1 aliphatic rings. The average Bonchev–Trinajstić information content (AvgIpc) is 2.34. The number of ether oxygens (including phenoxy) is 1. The molecule has 2 unspecified atom stereocenters. The molecule has 2 N–H and O–H groups in total. The number of hydrogen-bond acceptors (Lipinski definition) is 4. The standard InChI is InChI=1S/C14H21NO3S/c1-10-13(15)7-4-8-14(10)18-11-5-3-6-12(9-11)19(2,16)17/h4,7-8,11-12H,3,5-6,9,15H2,1-2H3. The molecule has 19 heavy (non-hydrogen) atoms. The van der Waals surface area contributed by atoms with Crippen LogP contribution in [0.15, 0.2) is 18.2 Å². The van der Waals surface area contributed by atoms with Crippen molar-refractivity contribution >= 4 is 15.5 Å². The molecule has 106 valence electrons. The molecule has 1 aliphatic carbocycles. The Balaban J connectivity index is 2.09. The first-order chi connectivity index (χ1) is 8.88. The minimum atomic E-state index is -2.97. The van der Waals surface area contributed by atoms with Gasteiger partial charge in [0.15, 0.2) is 0 Å². The van der Waals surface area contributed by atoms with Crippen LogP contribution < -0.4 is 10.5 Å². The molecule has 4 nitrogen and oxygen atoms in total. The highest BCUT2D eigenvalue weighted by molar-refractivity contribution is 7.91. The zero-order valence-corrected chi connectivity index (χ0v) is 12.2. The van der Waals surface area contributed by atoms with Crippen LogP contribution in [0.25, 0.3) is 0 Å². The molecule has 0 bridgehead atoms. The minimum Gasteiger partial charge on any atom is -0.490 e. The van der Waals surface area contributed by atoms with Gasteiger partial charge in [0.05, 0.1) is 11.4 Å². The number of benzene rings is 1. The van der Waals surface area contributed by atoms with Crippen molar-refractivity contribution in [2.24, 2.45) is 0 Å². The quantitative estimate of drug-likeness (QED) is 0.864. The van der Waals surface area contributed by atoms with Crippen LogP contribution in [0.3, 0.4) is 0 Å². The van der Waals surface area contributed by atoms with Crippen LogP contribution in [0.4, 0.5) is 5.69 Å². The minimum absolute atomic E-state index is 0.0334. The van der Waals surface area contributed by atoms with Crippen molar-refractivity contribution < 1.29 is 13.2 Å². The topological polar surface area (TPSA) is 69.4 Å². The third kappa shape index (κ3) is 3.41. The van der Waals surface area contributed by atoms with E-state index in [-0.39, 0.29) is 11.4 Å². The Labute approximate surface area is 114 Å². The SMILES string of the molecule is Cc1c(N)cccc1OC1CCCC(S(C)(=O)=O)C1. The summed E-state index contributed by atoms with van der Waals surface area (Å²) >= 11 is 0. The van der Waals surface area contributed by atoms with E-state index in [0.717, 1.165) is 30.6 Å². The maximum atomic E-state index is 11.6. The van der Waals surface area contributed by atoms with Gasteiger partial charge in [0.2, 0.25) is 0 Å². The molecule has 0 amide bonds. The zero-order chi connectivity index (χ0) is 14.0. The molecule has 1 aromatic carbocycles. The Morgan fingerprint density at radius 3 is 2.74 bits per heavy atom. The summed E-state index contributed by atoms with van der Waals surface area (Å²) in [6.07, 6.45) is 4.39. The molecule has 0 radical (unpaired) electrons. The molecule has 1 saturated carbocycles. The molecule has 0 aliphatic heterocycles. The first kappa shape index (κ1) is 14.2. The highest BCUT2D eigenvalue weighted by Gasteiger charge is 2.30. The number of nitrogens with two attached hydrogens (primary N) is 1. The van der Waals surface area contributed by atoms with Crippen molar-refractivity contribution in [3.8, 4) is 5.75 Å². The van der Waals surface area contributed by atoms with Gasteiger partial charge in [-0.2, -0.15) is 0 Å². The van der Waals surface area contributed by atoms with Crippen LogP contribution in [-0.2, 0) is 9.84 Å². The monoisotopic (exact) mass is 283 g/mol. The fraction of sp³-hybridized carbons (Fsp3) is 0.571. The third-order valence-electron chi connectivity index (χ3n) is 3.80. The summed E-state index contributed by atoms with van der Waals surface area (Å²) in [4.78, 5) is 0. The van der Waals surface area contributed by atoms with E-state index in [0.29, 0.717) is 12.1 Å². The second-order valence-corrected chi connectivity index (χ2v) is 7.65. The fourth-order valence-corrected chi connectivity index (χ4v) is 3.70. The van der Waals surface area contributed by atoms with Gasteiger partial charge in [-0.05, 0) is 38.3 Å². The van der Waals surface area contributed by atoms with E-state index in [1.807, 2.05) is 25.1 Å². The van der Waals surface area contributed by atoms with Crippen LogP contribution in [0, 0.1) is 6.92 Å². The summed E-state index contributed by atoms with van der Waals surface area (Å²) in [6, 6.07) is 5.58. The van der Waals surface area contributed by atoms with Gasteiger partial charge >= 0.3 is 0 Å². The molecule has 2 rings (SSSR count). The highest BCUT2D eigenvalue weighted by Crippen LogP contribution is 2.30. The van der Waals surface area contributed by atoms with E-state index in [1.165, 1.54) is 6.26 Å². The Kier molecular flexibility index (Phi) is 4.04. The first-order valence-corrected chi connectivity index (χ1v) is 8.54. The molecule has 0 spiro atoms. The molecule has 1 aromatic rings. The summed E-state index contributed by atoms with van der Waals surface area (Å²) in [7, 11) is -2.97. The number of hydrogen-bond donors (Lipinski definition) is 1. The summed E-state index contributed by atoms with van der Waals surface area (Å²) < 4.78 is 29.2. The van der Waals surface area contributed by atoms with Crippen molar-refractivity contribution in [3.05, 3.63) is 23.8 Å². The Hall–Kier alpha value is -1.23. The Morgan fingerprint density at radius 1 is 1.32 bits per heavy atom. The lowest BCUT2D eigenvalue weighted by Gasteiger charge is -2.29. The third-order valence-corrected chi connectivity index (χ3v) is 5.44. The van der Waals surface area contributed by atoms with Gasteiger partial charge in [-0.25, -0.2) is 8.42 Å². The van der Waals surface area contributed by atoms with Gasteiger partial charge in [0.25, 0.3) is 0 Å². The maximum absolute atomic E-state index is 11.6. The summed E-state index contributed by atoms with van der Waals surface area (Å²) in [5.41, 5.74) is 7.47. The summed E-state index contributed by atoms with van der Waals surface area (Å²) in [6.45, 7) is 1.92. The van der Waals surface area contributed by atoms with Gasteiger partial charge in [-0.3, -0.25) is 0 Å². The Morgan fingerprint density at radius 2 is 2.05 bits per heavy atom. The van der Waals surface area contributed by atoms with E-state index in [9.17, 15) is 8.42 Å². The van der Waals surface area contributed by atoms with Crippen LogP contribution >= 0.6 is 0 Å². The molecule has 1 fully saturated rings. The smallest absolute Gasteiger partial charge is 0.150 e. The Bertz CT molecular complexity index is 554. The van der Waals surface area contributed by atoms with Gasteiger partial charge in [-0.15, -0.1) is 0 Å². The normalized spacial score (nSPS) is 24.1. The lowest BCUT2D eigenvalue weighted by molar-refractivity contribution is 0.155. The predicted molar refractivity (Wildman–Crippen MR) is 77.1 cm³/mol. The largest absolute Gasteiger partial charge is 0.490 e. The number of nitrogen functional groups attached to an aromatic ring is 1. The van der Waals surface area contributed by atoms with E-state index in [4.69, 9.17) is 10.5 Å². The van der Waals surface area contributed by atoms with Crippen LogP contribution in [0.2, 0.25) is 0 Å². The molecule has 0 saturated heterocycles. The van der Waals surface area contributed by atoms with Crippen molar-refractivity contribution in [3.63, 3.8) is 0 Å². The van der Waals surface area contributed by atoms with Crippen molar-refractivity contribution in [2.75, 3.05) is 12.0 Å². The molecular weight excluding hydrogens is 262 g/mol. The lowest BCUT2D eigenvalue weighted by atomic mass is 9.97. The molecule has 0 aromatic heterocycles. The number of rotatable bonds is 3. The highest BCUT2D eigenvalue weighted by atomic mass is 32.2. The van der Waals surface area contributed by atoms with Gasteiger partial charge in [0.1, 0.15) is 15.6 Å². The first-order valence-electron chi connectivity index (χ1n) is 6.58. The van der Waals surface area contributed by atoms with E-state index >= 15 is 0 Å². The van der Waals surface area contributed by atoms with Crippen molar-refractivity contribution in [2.45, 2.75) is 44.0 Å². The zero-order valence-electron chi connectivity index (χ0n) is 11.4. The van der Waals surface area contributed by atoms with Gasteiger partial charge < -0.3 is 10.5 Å². The maximum Gasteiger partial charge on any atom is 0.150 e. The van der Waals surface area contributed by atoms with E-state index in [2.05, 4.69) is 0 Å². The summed E-state index contributed by atoms with van der Waals surface area (Å²) in [5.74, 6) is 0.763. The molecule has 2 atom stereocenters. The predicted octanol–water partition coefficient (Wildman–Crippen LogP) is 2.31. The van der Waals surface area contributed by atoms with Gasteiger partial charge in [0, 0.05) is 23.9 Å². The molecular formula is C14H21NO3S. The van der Waals surface area contributed by atoms with Crippen LogP contribution in [0.5, 0.6) is 5.75 Å². The summed E-state index contributed by atoms with van der Waals surface area (Å²) in [5, 5.41) is -0.271. The lowest BCUT2D eigenvalue weighted by Crippen LogP contribution is -2.33. The van der Waals surface area contributed by atoms with Gasteiger partial charge in [-0.1, -0.05) is 6.07 Å². The second kappa shape index (κ2) is 5.41. The molecule has 0 heterocycles. The van der Waals surface area contributed by atoms with Crippen LogP contribution in [-0.4, -0.2) is 26.0 Å². The number of sulfone groups is 1.